The first-order valence-corrected chi connectivity index (χ1v) is 12.1. The molecular formula is C25H26ClN3O4S. The average Bonchev–Trinajstić information content (AvgIpc) is 3.41. The van der Waals surface area contributed by atoms with Crippen molar-refractivity contribution in [2.75, 3.05) is 0 Å². The van der Waals surface area contributed by atoms with Gasteiger partial charge in [-0.2, -0.15) is 0 Å². The van der Waals surface area contributed by atoms with E-state index in [4.69, 9.17) is 20.8 Å². The average molecular weight is 500 g/mol. The van der Waals surface area contributed by atoms with Gasteiger partial charge in [0.25, 0.3) is 0 Å². The van der Waals surface area contributed by atoms with Crippen LogP contribution in [0.15, 0.2) is 74.4 Å². The van der Waals surface area contributed by atoms with Gasteiger partial charge in [-0.15, -0.1) is 0 Å². The lowest BCUT2D eigenvalue weighted by Crippen LogP contribution is -2.39. The first-order valence-electron chi connectivity index (χ1n) is 10.8. The number of hydrogen-bond donors (Lipinski definition) is 1. The summed E-state index contributed by atoms with van der Waals surface area (Å²) in [7, 11) is 0. The zero-order valence-electron chi connectivity index (χ0n) is 19.4. The van der Waals surface area contributed by atoms with E-state index in [1.807, 2.05) is 43.2 Å². The van der Waals surface area contributed by atoms with Crippen LogP contribution >= 0.6 is 23.4 Å². The Morgan fingerprint density at radius 3 is 2.62 bits per heavy atom. The molecule has 0 saturated heterocycles. The number of amidine groups is 1. The van der Waals surface area contributed by atoms with Gasteiger partial charge in [0.15, 0.2) is 5.17 Å². The largest absolute Gasteiger partial charge is 0.467 e. The highest BCUT2D eigenvalue weighted by molar-refractivity contribution is 8.16. The van der Waals surface area contributed by atoms with Crippen molar-refractivity contribution in [3.63, 3.8) is 0 Å². The van der Waals surface area contributed by atoms with Crippen LogP contribution < -0.4 is 5.32 Å². The van der Waals surface area contributed by atoms with Crippen LogP contribution in [0.5, 0.6) is 0 Å². The van der Waals surface area contributed by atoms with Crippen LogP contribution in [0.1, 0.15) is 51.5 Å². The van der Waals surface area contributed by atoms with Crippen LogP contribution in [0.3, 0.4) is 0 Å². The zero-order valence-corrected chi connectivity index (χ0v) is 21.0. The molecule has 4 rings (SSSR count). The van der Waals surface area contributed by atoms with Gasteiger partial charge in [-0.05, 0) is 62.9 Å². The number of ether oxygens (including phenoxy) is 1. The number of amides is 1. The number of benzene rings is 1. The number of nitrogens with one attached hydrogen (secondary N) is 1. The van der Waals surface area contributed by atoms with Crippen LogP contribution in [0.25, 0.3) is 0 Å². The normalized spacial score (nSPS) is 17.8. The summed E-state index contributed by atoms with van der Waals surface area (Å²) in [4.78, 5) is 32.7. The van der Waals surface area contributed by atoms with Crippen molar-refractivity contribution >= 4 is 40.4 Å². The molecule has 0 spiro atoms. The van der Waals surface area contributed by atoms with E-state index in [0.717, 1.165) is 11.3 Å². The molecule has 1 aromatic heterocycles. The Labute approximate surface area is 207 Å². The summed E-state index contributed by atoms with van der Waals surface area (Å²) in [6.45, 7) is 7.60. The summed E-state index contributed by atoms with van der Waals surface area (Å²) < 4.78 is 11.0. The molecular weight excluding hydrogens is 474 g/mol. The van der Waals surface area contributed by atoms with E-state index in [9.17, 15) is 9.59 Å². The van der Waals surface area contributed by atoms with E-state index in [1.54, 1.807) is 37.5 Å². The highest BCUT2D eigenvalue weighted by Gasteiger charge is 2.41. The second-order valence-corrected chi connectivity index (χ2v) is 10.3. The molecule has 34 heavy (non-hydrogen) atoms. The minimum Gasteiger partial charge on any atom is -0.467 e. The quantitative estimate of drug-likeness (QED) is 0.524. The summed E-state index contributed by atoms with van der Waals surface area (Å²) in [6, 6.07) is 10.4. The third kappa shape index (κ3) is 5.39. The molecule has 0 saturated carbocycles. The number of nitrogens with zero attached hydrogens (tertiary/aromatic N) is 2. The Morgan fingerprint density at radius 1 is 1.24 bits per heavy atom. The third-order valence-electron chi connectivity index (χ3n) is 5.19. The Balaban J connectivity index is 1.64. The number of aliphatic imine (C=N–C) groups is 1. The van der Waals surface area contributed by atoms with Gasteiger partial charge in [-0.3, -0.25) is 4.79 Å². The number of furan rings is 1. The highest BCUT2D eigenvalue weighted by Crippen LogP contribution is 2.45. The maximum Gasteiger partial charge on any atom is 0.338 e. The lowest BCUT2D eigenvalue weighted by atomic mass is 9.93. The minimum absolute atomic E-state index is 0.122. The topological polar surface area (TPSA) is 84.1 Å². The maximum atomic E-state index is 13.3. The maximum absolute atomic E-state index is 13.3. The molecule has 0 bridgehead atoms. The molecule has 178 valence electrons. The van der Waals surface area contributed by atoms with Crippen LogP contribution in [0.4, 0.5) is 0 Å². The summed E-state index contributed by atoms with van der Waals surface area (Å²) in [5.74, 6) is 0.0730. The molecule has 1 N–H and O–H groups in total. The Morgan fingerprint density at radius 2 is 1.97 bits per heavy atom. The monoisotopic (exact) mass is 499 g/mol. The molecule has 1 aromatic carbocycles. The Hall–Kier alpha value is -2.97. The highest BCUT2D eigenvalue weighted by atomic mass is 35.5. The molecule has 0 unspecified atom stereocenters. The zero-order chi connectivity index (χ0) is 24.5. The second kappa shape index (κ2) is 9.72. The van der Waals surface area contributed by atoms with Gasteiger partial charge in [0.1, 0.15) is 11.4 Å². The number of carbonyl (C=O) groups is 2. The van der Waals surface area contributed by atoms with Gasteiger partial charge in [0.05, 0.1) is 36.5 Å². The SMILES string of the molecule is CC1=C(C(=O)OC(C)(C)C)[C@H](c2ccc(Cl)cc2)N2C(CC(=O)NCc3ccco3)=CSC2=N1. The smallest absolute Gasteiger partial charge is 0.338 e. The number of carbonyl (C=O) groups excluding carboxylic acids is 2. The van der Waals surface area contributed by atoms with Crippen LogP contribution in [-0.4, -0.2) is 27.5 Å². The minimum atomic E-state index is -0.664. The van der Waals surface area contributed by atoms with Gasteiger partial charge in [0, 0.05) is 10.7 Å². The molecule has 3 heterocycles. The number of hydrogen-bond acceptors (Lipinski definition) is 7. The van der Waals surface area contributed by atoms with E-state index in [-0.39, 0.29) is 12.3 Å². The van der Waals surface area contributed by atoms with Crippen LogP contribution in [-0.2, 0) is 20.9 Å². The van der Waals surface area contributed by atoms with E-state index >= 15 is 0 Å². The number of allylic oxidation sites excluding steroid dienone is 1. The summed E-state index contributed by atoms with van der Waals surface area (Å²) in [5.41, 5.74) is 1.95. The molecule has 0 fully saturated rings. The van der Waals surface area contributed by atoms with E-state index in [2.05, 4.69) is 10.3 Å². The van der Waals surface area contributed by atoms with Crippen molar-refractivity contribution in [3.8, 4) is 0 Å². The van der Waals surface area contributed by atoms with Gasteiger partial charge < -0.3 is 19.4 Å². The fraction of sp³-hybridized carbons (Fsp3) is 0.320. The molecule has 0 radical (unpaired) electrons. The standard InChI is InChI=1S/C25H26ClN3O4S/c1-15-21(23(31)33-25(2,3)4)22(16-7-9-17(26)10-8-16)29-18(14-34-24(29)28-15)12-20(30)27-13-19-6-5-11-32-19/h5-11,14,22H,12-13H2,1-4H3,(H,27,30)/t22-/m0/s1. The van der Waals surface area contributed by atoms with Crippen molar-refractivity contribution in [2.45, 2.75) is 52.3 Å². The van der Waals surface area contributed by atoms with Crippen molar-refractivity contribution in [3.05, 3.63) is 81.4 Å². The first-order chi connectivity index (χ1) is 16.1. The molecule has 0 aliphatic carbocycles. The lowest BCUT2D eigenvalue weighted by Gasteiger charge is -2.37. The van der Waals surface area contributed by atoms with Gasteiger partial charge in [0.2, 0.25) is 5.91 Å². The molecule has 1 amide bonds. The predicted molar refractivity (Wildman–Crippen MR) is 133 cm³/mol. The number of halogens is 1. The van der Waals surface area contributed by atoms with E-state index in [0.29, 0.717) is 33.8 Å². The fourth-order valence-electron chi connectivity index (χ4n) is 3.75. The second-order valence-electron chi connectivity index (χ2n) is 8.98. The molecule has 9 heteroatoms. The van der Waals surface area contributed by atoms with Crippen LogP contribution in [0, 0.1) is 0 Å². The van der Waals surface area contributed by atoms with Crippen molar-refractivity contribution in [1.82, 2.24) is 10.2 Å². The summed E-state index contributed by atoms with van der Waals surface area (Å²) in [6.07, 6.45) is 1.69. The third-order valence-corrected chi connectivity index (χ3v) is 6.33. The number of esters is 1. The molecule has 2 aliphatic heterocycles. The molecule has 2 aromatic rings. The van der Waals surface area contributed by atoms with Crippen molar-refractivity contribution in [1.29, 1.82) is 0 Å². The van der Waals surface area contributed by atoms with Gasteiger partial charge >= 0.3 is 5.97 Å². The molecule has 2 aliphatic rings. The van der Waals surface area contributed by atoms with Crippen LogP contribution in [0.2, 0.25) is 5.02 Å². The first kappa shape index (κ1) is 24.2. The lowest BCUT2D eigenvalue weighted by molar-refractivity contribution is -0.150. The van der Waals surface area contributed by atoms with Crippen molar-refractivity contribution < 1.29 is 18.7 Å². The summed E-state index contributed by atoms with van der Waals surface area (Å²) >= 11 is 7.56. The Kier molecular flexibility index (Phi) is 6.91. The fourth-order valence-corrected chi connectivity index (χ4v) is 4.84. The van der Waals surface area contributed by atoms with E-state index in [1.165, 1.54) is 11.8 Å². The van der Waals surface area contributed by atoms with Gasteiger partial charge in [-0.25, -0.2) is 9.79 Å². The van der Waals surface area contributed by atoms with Gasteiger partial charge in [-0.1, -0.05) is 35.5 Å². The number of fused-ring (bicyclic) bond motifs is 1. The predicted octanol–water partition coefficient (Wildman–Crippen LogP) is 5.56. The van der Waals surface area contributed by atoms with E-state index < -0.39 is 17.6 Å². The molecule has 1 atom stereocenters. The summed E-state index contributed by atoms with van der Waals surface area (Å²) in [5, 5.41) is 6.08. The number of rotatable bonds is 6. The number of thioether (sulfide) groups is 1. The molecule has 7 nitrogen and oxygen atoms in total. The van der Waals surface area contributed by atoms with Crippen molar-refractivity contribution in [2.24, 2.45) is 4.99 Å². The Bertz CT molecular complexity index is 1180.